The maximum atomic E-state index is 13.9. The Morgan fingerprint density at radius 1 is 1.09 bits per heavy atom. The smallest absolute Gasteiger partial charge is 0.273 e. The molecule has 2 atom stereocenters. The molecule has 34 heavy (non-hydrogen) atoms. The molecule has 1 N–H and O–H groups in total. The molecule has 1 saturated carbocycles. The van der Waals surface area contributed by atoms with E-state index in [4.69, 9.17) is 5.10 Å². The third-order valence-corrected chi connectivity index (χ3v) is 7.66. The van der Waals surface area contributed by atoms with Crippen LogP contribution in [0.15, 0.2) is 36.4 Å². The molecular weight excluding hydrogens is 424 g/mol. The van der Waals surface area contributed by atoms with Crippen molar-refractivity contribution in [3.8, 4) is 0 Å². The van der Waals surface area contributed by atoms with Gasteiger partial charge in [0.05, 0.1) is 12.2 Å². The summed E-state index contributed by atoms with van der Waals surface area (Å²) in [6.07, 6.45) is 8.08. The molecule has 0 spiro atoms. The second kappa shape index (κ2) is 10.3. The second-order valence-electron chi connectivity index (χ2n) is 10.8. The minimum Gasteiger partial charge on any atom is -0.351 e. The van der Waals surface area contributed by atoms with E-state index >= 15 is 0 Å². The van der Waals surface area contributed by atoms with Gasteiger partial charge in [0.15, 0.2) is 0 Å². The van der Waals surface area contributed by atoms with Crippen LogP contribution in [-0.4, -0.2) is 44.6 Å². The summed E-state index contributed by atoms with van der Waals surface area (Å²) in [5, 5.41) is 8.06. The van der Waals surface area contributed by atoms with Crippen molar-refractivity contribution >= 4 is 11.8 Å². The molecule has 1 aromatic carbocycles. The highest BCUT2D eigenvalue weighted by molar-refractivity contribution is 5.99. The van der Waals surface area contributed by atoms with Crippen LogP contribution in [0.2, 0.25) is 0 Å². The molecule has 6 heteroatoms. The third-order valence-electron chi connectivity index (χ3n) is 7.66. The standard InChI is InChI=1S/C28H40N4O2/c1-20(2)24-17-25-26(33)31(18-21(3)22-13-9-8-10-14-22)28(4,19-32(25)30-24)27(34)29-23-15-11-6-5-7-12-16-23/h8-10,13-14,17,20-21,23H,5-7,11-12,15-16,18-19H2,1-4H3,(H,29,34)/t21-,28+/m1/s1. The molecule has 2 amide bonds. The maximum absolute atomic E-state index is 13.9. The first kappa shape index (κ1) is 24.5. The highest BCUT2D eigenvalue weighted by Crippen LogP contribution is 2.32. The average molecular weight is 465 g/mol. The van der Waals surface area contributed by atoms with Gasteiger partial charge in [-0.3, -0.25) is 14.3 Å². The summed E-state index contributed by atoms with van der Waals surface area (Å²) in [5.41, 5.74) is 1.65. The van der Waals surface area contributed by atoms with E-state index in [0.29, 0.717) is 18.8 Å². The number of amides is 2. The molecule has 2 aliphatic rings. The van der Waals surface area contributed by atoms with Crippen molar-refractivity contribution < 1.29 is 9.59 Å². The van der Waals surface area contributed by atoms with E-state index in [9.17, 15) is 9.59 Å². The molecule has 1 fully saturated rings. The SMILES string of the molecule is CC(C)c1cc2n(n1)C[C@@](C)(C(=O)NC1CCCCCCC1)N(C[C@@H](C)c1ccccc1)C2=O. The van der Waals surface area contributed by atoms with Crippen molar-refractivity contribution in [3.63, 3.8) is 0 Å². The monoisotopic (exact) mass is 464 g/mol. The van der Waals surface area contributed by atoms with Crippen molar-refractivity contribution in [2.75, 3.05) is 6.54 Å². The van der Waals surface area contributed by atoms with Gasteiger partial charge in [0.25, 0.3) is 5.91 Å². The summed E-state index contributed by atoms with van der Waals surface area (Å²) in [7, 11) is 0. The third kappa shape index (κ3) is 5.06. The fraction of sp³-hybridized carbons (Fsp3) is 0.607. The predicted molar refractivity (Wildman–Crippen MR) is 135 cm³/mol. The Morgan fingerprint density at radius 2 is 1.74 bits per heavy atom. The van der Waals surface area contributed by atoms with E-state index in [0.717, 1.165) is 31.4 Å². The van der Waals surface area contributed by atoms with Crippen molar-refractivity contribution in [1.82, 2.24) is 20.0 Å². The topological polar surface area (TPSA) is 67.2 Å². The second-order valence-corrected chi connectivity index (χ2v) is 10.8. The van der Waals surface area contributed by atoms with E-state index in [1.54, 1.807) is 4.68 Å². The molecule has 0 bridgehead atoms. The lowest BCUT2D eigenvalue weighted by Gasteiger charge is -2.45. The summed E-state index contributed by atoms with van der Waals surface area (Å²) >= 11 is 0. The summed E-state index contributed by atoms with van der Waals surface area (Å²) in [6.45, 7) is 9.06. The van der Waals surface area contributed by atoms with Gasteiger partial charge in [0.1, 0.15) is 11.2 Å². The first-order valence-electron chi connectivity index (χ1n) is 13.0. The molecule has 0 radical (unpaired) electrons. The van der Waals surface area contributed by atoms with Crippen molar-refractivity contribution in [3.05, 3.63) is 53.3 Å². The van der Waals surface area contributed by atoms with Crippen LogP contribution in [-0.2, 0) is 11.3 Å². The van der Waals surface area contributed by atoms with Crippen LogP contribution in [0.4, 0.5) is 0 Å². The van der Waals surface area contributed by atoms with Crippen LogP contribution in [0, 0.1) is 0 Å². The number of nitrogens with zero attached hydrogens (tertiary/aromatic N) is 3. The lowest BCUT2D eigenvalue weighted by atomic mass is 9.90. The lowest BCUT2D eigenvalue weighted by molar-refractivity contribution is -0.134. The zero-order chi connectivity index (χ0) is 24.3. The number of aromatic nitrogens is 2. The number of rotatable bonds is 6. The number of hydrogen-bond acceptors (Lipinski definition) is 3. The fourth-order valence-corrected chi connectivity index (χ4v) is 5.33. The Balaban J connectivity index is 1.64. The molecule has 1 aromatic heterocycles. The van der Waals surface area contributed by atoms with Crippen LogP contribution in [0.3, 0.4) is 0 Å². The van der Waals surface area contributed by atoms with E-state index in [1.807, 2.05) is 36.1 Å². The summed E-state index contributed by atoms with van der Waals surface area (Å²) in [4.78, 5) is 29.5. The van der Waals surface area contributed by atoms with Gasteiger partial charge in [0.2, 0.25) is 5.91 Å². The van der Waals surface area contributed by atoms with Gasteiger partial charge in [-0.1, -0.05) is 83.2 Å². The Kier molecular flexibility index (Phi) is 7.44. The minimum absolute atomic E-state index is 0.0565. The summed E-state index contributed by atoms with van der Waals surface area (Å²) < 4.78 is 1.76. The molecule has 0 unspecified atom stereocenters. The van der Waals surface area contributed by atoms with Gasteiger partial charge in [0, 0.05) is 12.6 Å². The number of carbonyl (C=O) groups excluding carboxylic acids is 2. The maximum Gasteiger partial charge on any atom is 0.273 e. The quantitative estimate of drug-likeness (QED) is 0.635. The highest BCUT2D eigenvalue weighted by Gasteiger charge is 2.48. The van der Waals surface area contributed by atoms with Crippen molar-refractivity contribution in [2.24, 2.45) is 0 Å². The summed E-state index contributed by atoms with van der Waals surface area (Å²) in [5.74, 6) is 0.165. The van der Waals surface area contributed by atoms with E-state index in [2.05, 4.69) is 38.2 Å². The highest BCUT2D eigenvalue weighted by atomic mass is 16.2. The number of nitrogens with one attached hydrogen (secondary N) is 1. The van der Waals surface area contributed by atoms with Crippen LogP contribution < -0.4 is 5.32 Å². The van der Waals surface area contributed by atoms with Gasteiger partial charge in [-0.25, -0.2) is 0 Å². The van der Waals surface area contributed by atoms with E-state index < -0.39 is 5.54 Å². The van der Waals surface area contributed by atoms with Crippen LogP contribution in [0.5, 0.6) is 0 Å². The number of hydrogen-bond donors (Lipinski definition) is 1. The lowest BCUT2D eigenvalue weighted by Crippen LogP contribution is -2.65. The predicted octanol–water partition coefficient (Wildman–Crippen LogP) is 5.25. The van der Waals surface area contributed by atoms with Gasteiger partial charge in [-0.05, 0) is 43.2 Å². The molecule has 6 nitrogen and oxygen atoms in total. The van der Waals surface area contributed by atoms with Crippen LogP contribution >= 0.6 is 0 Å². The zero-order valence-electron chi connectivity index (χ0n) is 21.2. The zero-order valence-corrected chi connectivity index (χ0v) is 21.2. The number of carbonyl (C=O) groups is 2. The molecule has 2 aromatic rings. The fourth-order valence-electron chi connectivity index (χ4n) is 5.33. The van der Waals surface area contributed by atoms with Gasteiger partial charge in [-0.15, -0.1) is 0 Å². The minimum atomic E-state index is -0.990. The Morgan fingerprint density at radius 3 is 2.38 bits per heavy atom. The molecule has 0 saturated heterocycles. The van der Waals surface area contributed by atoms with Crippen LogP contribution in [0.25, 0.3) is 0 Å². The van der Waals surface area contributed by atoms with Gasteiger partial charge in [-0.2, -0.15) is 5.10 Å². The normalized spacial score (nSPS) is 22.7. The Labute approximate surface area is 204 Å². The number of fused-ring (bicyclic) bond motifs is 1. The molecule has 4 rings (SSSR count). The van der Waals surface area contributed by atoms with Gasteiger partial charge >= 0.3 is 0 Å². The molecule has 1 aliphatic heterocycles. The van der Waals surface area contributed by atoms with Crippen molar-refractivity contribution in [2.45, 2.75) is 103 Å². The van der Waals surface area contributed by atoms with Crippen molar-refractivity contribution in [1.29, 1.82) is 0 Å². The number of benzene rings is 1. The molecular formula is C28H40N4O2. The Hall–Kier alpha value is -2.63. The molecule has 184 valence electrons. The molecule has 1 aliphatic carbocycles. The van der Waals surface area contributed by atoms with E-state index in [1.165, 1.54) is 24.8 Å². The molecule has 2 heterocycles. The summed E-state index contributed by atoms with van der Waals surface area (Å²) in [6, 6.07) is 12.3. The van der Waals surface area contributed by atoms with Crippen LogP contribution in [0.1, 0.15) is 106 Å². The van der Waals surface area contributed by atoms with E-state index in [-0.39, 0.29) is 29.7 Å². The first-order valence-corrected chi connectivity index (χ1v) is 13.0. The Bertz CT molecular complexity index is 991. The largest absolute Gasteiger partial charge is 0.351 e. The average Bonchev–Trinajstić information content (AvgIpc) is 3.23. The first-order chi connectivity index (χ1) is 16.3. The van der Waals surface area contributed by atoms with Gasteiger partial charge < -0.3 is 10.2 Å².